The van der Waals surface area contributed by atoms with Crippen molar-refractivity contribution in [3.63, 3.8) is 0 Å². The molecule has 0 radical (unpaired) electrons. The van der Waals surface area contributed by atoms with Crippen molar-refractivity contribution < 1.29 is 4.79 Å². The van der Waals surface area contributed by atoms with Crippen LogP contribution in [-0.4, -0.2) is 33.8 Å². The molecule has 1 unspecified atom stereocenters. The summed E-state index contributed by atoms with van der Waals surface area (Å²) in [6, 6.07) is 3.04. The number of aryl methyl sites for hydroxylation is 1. The van der Waals surface area contributed by atoms with Gasteiger partial charge in [-0.1, -0.05) is 22.9 Å². The van der Waals surface area contributed by atoms with Crippen LogP contribution in [0.15, 0.2) is 23.1 Å². The van der Waals surface area contributed by atoms with Crippen molar-refractivity contribution in [2.75, 3.05) is 13.6 Å². The average molecular weight is 301 g/mol. The van der Waals surface area contributed by atoms with Crippen LogP contribution in [0.4, 0.5) is 0 Å². The molecule has 0 fully saturated rings. The summed E-state index contributed by atoms with van der Waals surface area (Å²) < 4.78 is 1.44. The molecule has 1 rings (SSSR count). The maximum absolute atomic E-state index is 12.0. The lowest BCUT2D eigenvalue weighted by molar-refractivity contribution is 0.0793. The van der Waals surface area contributed by atoms with Gasteiger partial charge in [-0.25, -0.2) is 0 Å². The maximum atomic E-state index is 12.0. The topological polar surface area (TPSA) is 42.3 Å². The molecule has 0 aliphatic carbocycles. The molecule has 5 heteroatoms. The van der Waals surface area contributed by atoms with Crippen molar-refractivity contribution in [2.45, 2.75) is 18.2 Å². The number of carbonyl (C=O) groups is 1. The average Bonchev–Trinajstić information content (AvgIpc) is 2.28. The molecule has 0 saturated heterocycles. The second kappa shape index (κ2) is 6.00. The molecular formula is C12H17BrN2O2. The molecule has 0 N–H and O–H groups in total. The first-order valence-corrected chi connectivity index (χ1v) is 6.39. The van der Waals surface area contributed by atoms with E-state index in [0.717, 1.165) is 6.42 Å². The van der Waals surface area contributed by atoms with Gasteiger partial charge >= 0.3 is 0 Å². The molecule has 1 aromatic rings. The predicted octanol–water partition coefficient (Wildman–Crippen LogP) is 1.63. The standard InChI is InChI=1S/C12H17BrN2O2/c1-9(13)4-6-15(3)12(17)10-5-7-14(2)11(16)8-10/h5,7-9H,4,6H2,1-3H3. The van der Waals surface area contributed by atoms with E-state index in [2.05, 4.69) is 15.9 Å². The van der Waals surface area contributed by atoms with Crippen molar-refractivity contribution in [3.8, 4) is 0 Å². The molecular weight excluding hydrogens is 284 g/mol. The van der Waals surface area contributed by atoms with Gasteiger partial charge in [0.2, 0.25) is 0 Å². The maximum Gasteiger partial charge on any atom is 0.253 e. The van der Waals surface area contributed by atoms with Crippen molar-refractivity contribution in [1.29, 1.82) is 0 Å². The van der Waals surface area contributed by atoms with Crippen LogP contribution in [0, 0.1) is 0 Å². The minimum absolute atomic E-state index is 0.115. The van der Waals surface area contributed by atoms with Crippen LogP contribution < -0.4 is 5.56 Å². The summed E-state index contributed by atoms with van der Waals surface area (Å²) in [6.07, 6.45) is 2.49. The van der Waals surface area contributed by atoms with Gasteiger partial charge in [-0.05, 0) is 12.5 Å². The fraction of sp³-hybridized carbons (Fsp3) is 0.500. The SMILES string of the molecule is CC(Br)CCN(C)C(=O)c1ccn(C)c(=O)c1. The molecule has 1 aromatic heterocycles. The molecule has 1 atom stereocenters. The van der Waals surface area contributed by atoms with Crippen LogP contribution in [-0.2, 0) is 7.05 Å². The minimum atomic E-state index is -0.168. The second-order valence-electron chi connectivity index (χ2n) is 4.16. The van der Waals surface area contributed by atoms with Crippen molar-refractivity contribution in [1.82, 2.24) is 9.47 Å². The van der Waals surface area contributed by atoms with E-state index in [9.17, 15) is 9.59 Å². The van der Waals surface area contributed by atoms with Gasteiger partial charge in [0.1, 0.15) is 0 Å². The van der Waals surface area contributed by atoms with Gasteiger partial charge in [0.25, 0.3) is 11.5 Å². The summed E-state index contributed by atoms with van der Waals surface area (Å²) in [7, 11) is 3.40. The number of pyridine rings is 1. The highest BCUT2D eigenvalue weighted by molar-refractivity contribution is 9.09. The number of nitrogens with zero attached hydrogens (tertiary/aromatic N) is 2. The molecule has 0 spiro atoms. The molecule has 1 amide bonds. The summed E-state index contributed by atoms with van der Waals surface area (Å²) >= 11 is 3.44. The largest absolute Gasteiger partial charge is 0.342 e. The van der Waals surface area contributed by atoms with Crippen LogP contribution in [0.25, 0.3) is 0 Å². The number of hydrogen-bond acceptors (Lipinski definition) is 2. The second-order valence-corrected chi connectivity index (χ2v) is 5.72. The summed E-state index contributed by atoms with van der Waals surface area (Å²) in [5, 5.41) is 0. The molecule has 0 saturated carbocycles. The van der Waals surface area contributed by atoms with E-state index in [4.69, 9.17) is 0 Å². The van der Waals surface area contributed by atoms with Crippen molar-refractivity contribution in [2.24, 2.45) is 7.05 Å². The smallest absolute Gasteiger partial charge is 0.253 e. The summed E-state index contributed by atoms with van der Waals surface area (Å²) in [4.78, 5) is 25.4. The fourth-order valence-electron chi connectivity index (χ4n) is 1.38. The molecule has 0 aliphatic rings. The Labute approximate surface area is 109 Å². The fourth-order valence-corrected chi connectivity index (χ4v) is 1.58. The zero-order valence-electron chi connectivity index (χ0n) is 10.3. The quantitative estimate of drug-likeness (QED) is 0.793. The lowest BCUT2D eigenvalue weighted by Crippen LogP contribution is -2.30. The van der Waals surface area contributed by atoms with E-state index in [1.807, 2.05) is 6.92 Å². The van der Waals surface area contributed by atoms with E-state index in [1.165, 1.54) is 10.6 Å². The van der Waals surface area contributed by atoms with Crippen LogP contribution in [0.2, 0.25) is 0 Å². The Morgan fingerprint density at radius 1 is 1.59 bits per heavy atom. The lowest BCUT2D eigenvalue weighted by Gasteiger charge is -2.17. The molecule has 4 nitrogen and oxygen atoms in total. The third kappa shape index (κ3) is 4.00. The number of alkyl halides is 1. The lowest BCUT2D eigenvalue weighted by atomic mass is 10.2. The number of hydrogen-bond donors (Lipinski definition) is 0. The Kier molecular flexibility index (Phi) is 4.93. The van der Waals surface area contributed by atoms with Gasteiger partial charge in [0.15, 0.2) is 0 Å². The van der Waals surface area contributed by atoms with E-state index < -0.39 is 0 Å². The first kappa shape index (κ1) is 14.0. The molecule has 0 bridgehead atoms. The summed E-state index contributed by atoms with van der Waals surface area (Å²) in [5.41, 5.74) is 0.274. The van der Waals surface area contributed by atoms with E-state index in [0.29, 0.717) is 16.9 Å². The molecule has 0 aliphatic heterocycles. The van der Waals surface area contributed by atoms with Crippen LogP contribution in [0.3, 0.4) is 0 Å². The molecule has 17 heavy (non-hydrogen) atoms. The molecule has 0 aromatic carbocycles. The number of amides is 1. The third-order valence-corrected chi connectivity index (χ3v) is 3.02. The first-order chi connectivity index (χ1) is 7.91. The minimum Gasteiger partial charge on any atom is -0.342 e. The number of halogens is 1. The number of aromatic nitrogens is 1. The Morgan fingerprint density at radius 3 is 2.76 bits per heavy atom. The monoisotopic (exact) mass is 300 g/mol. The normalized spacial score (nSPS) is 12.2. The Morgan fingerprint density at radius 2 is 2.24 bits per heavy atom. The highest BCUT2D eigenvalue weighted by Gasteiger charge is 2.12. The zero-order valence-corrected chi connectivity index (χ0v) is 11.9. The van der Waals surface area contributed by atoms with E-state index in [1.54, 1.807) is 31.3 Å². The third-order valence-electron chi connectivity index (χ3n) is 2.56. The van der Waals surface area contributed by atoms with Gasteiger partial charge in [0, 0.05) is 43.3 Å². The summed E-state index contributed by atoms with van der Waals surface area (Å²) in [6.45, 7) is 2.71. The van der Waals surface area contributed by atoms with Crippen LogP contribution in [0.5, 0.6) is 0 Å². The van der Waals surface area contributed by atoms with Gasteiger partial charge < -0.3 is 9.47 Å². The number of rotatable bonds is 4. The van der Waals surface area contributed by atoms with E-state index >= 15 is 0 Å². The summed E-state index contributed by atoms with van der Waals surface area (Å²) in [5.74, 6) is -0.115. The highest BCUT2D eigenvalue weighted by Crippen LogP contribution is 2.06. The molecule has 1 heterocycles. The van der Waals surface area contributed by atoms with Crippen molar-refractivity contribution >= 4 is 21.8 Å². The van der Waals surface area contributed by atoms with Gasteiger partial charge in [0.05, 0.1) is 0 Å². The van der Waals surface area contributed by atoms with Crippen LogP contribution >= 0.6 is 15.9 Å². The van der Waals surface area contributed by atoms with Gasteiger partial charge in [-0.3, -0.25) is 9.59 Å². The van der Waals surface area contributed by atoms with E-state index in [-0.39, 0.29) is 11.5 Å². The Hall–Kier alpha value is -1.10. The highest BCUT2D eigenvalue weighted by atomic mass is 79.9. The zero-order chi connectivity index (χ0) is 13.0. The Balaban J connectivity index is 2.75. The Bertz CT molecular complexity index is 454. The van der Waals surface area contributed by atoms with Crippen LogP contribution in [0.1, 0.15) is 23.7 Å². The predicted molar refractivity (Wildman–Crippen MR) is 71.6 cm³/mol. The molecule has 94 valence electrons. The van der Waals surface area contributed by atoms with Crippen molar-refractivity contribution in [3.05, 3.63) is 34.2 Å². The van der Waals surface area contributed by atoms with Gasteiger partial charge in [-0.15, -0.1) is 0 Å². The van der Waals surface area contributed by atoms with Gasteiger partial charge in [-0.2, -0.15) is 0 Å². The number of carbonyl (C=O) groups excluding carboxylic acids is 1. The first-order valence-electron chi connectivity index (χ1n) is 5.48.